The van der Waals surface area contributed by atoms with Gasteiger partial charge in [0.05, 0.1) is 5.02 Å². The van der Waals surface area contributed by atoms with E-state index in [1.807, 2.05) is 0 Å². The number of ether oxygens (including phenoxy) is 1. The summed E-state index contributed by atoms with van der Waals surface area (Å²) >= 11 is 12.1. The number of nitro groups is 1. The fraction of sp³-hybridized carbons (Fsp3) is 0.111. The highest BCUT2D eigenvalue weighted by atomic mass is 35.5. The molecule has 1 atom stereocenters. The molecule has 0 fully saturated rings. The molecule has 0 saturated carbocycles. The number of nitrogens with zero attached hydrogens (tertiary/aromatic N) is 3. The molecule has 2 N–H and O–H groups in total. The SMILES string of the molecule is C[C@@H](Oc1cc(-c2ccc([N+](=O)[O-])nc2)cnc1N)c1c(Cl)ccc(F)c1Cl. The lowest BCUT2D eigenvalue weighted by Gasteiger charge is -2.19. The Morgan fingerprint density at radius 3 is 2.54 bits per heavy atom. The fourth-order valence-corrected chi connectivity index (χ4v) is 3.21. The highest BCUT2D eigenvalue weighted by Crippen LogP contribution is 2.36. The first kappa shape index (κ1) is 19.8. The van der Waals surface area contributed by atoms with Crippen LogP contribution < -0.4 is 10.5 Å². The molecule has 10 heteroatoms. The van der Waals surface area contributed by atoms with Crippen LogP contribution in [0.1, 0.15) is 18.6 Å². The number of hydrogen-bond donors (Lipinski definition) is 1. The van der Waals surface area contributed by atoms with Gasteiger partial charge in [-0.15, -0.1) is 0 Å². The highest BCUT2D eigenvalue weighted by molar-refractivity contribution is 6.36. The minimum atomic E-state index is -0.718. The Bertz CT molecular complexity index is 1050. The van der Waals surface area contributed by atoms with Gasteiger partial charge >= 0.3 is 5.82 Å². The molecule has 0 aliphatic rings. The van der Waals surface area contributed by atoms with E-state index in [-0.39, 0.29) is 33.0 Å². The Hall–Kier alpha value is -2.97. The van der Waals surface area contributed by atoms with Crippen LogP contribution in [0, 0.1) is 15.9 Å². The summed E-state index contributed by atoms with van der Waals surface area (Å²) < 4.78 is 19.6. The number of halogens is 3. The van der Waals surface area contributed by atoms with Crippen molar-refractivity contribution in [2.24, 2.45) is 0 Å². The van der Waals surface area contributed by atoms with Crippen molar-refractivity contribution in [1.82, 2.24) is 9.97 Å². The van der Waals surface area contributed by atoms with E-state index >= 15 is 0 Å². The average Bonchev–Trinajstić information content (AvgIpc) is 2.67. The van der Waals surface area contributed by atoms with E-state index in [2.05, 4.69) is 9.97 Å². The molecule has 0 spiro atoms. The number of nitrogens with two attached hydrogens (primary N) is 1. The fourth-order valence-electron chi connectivity index (χ4n) is 2.54. The zero-order chi connectivity index (χ0) is 20.4. The highest BCUT2D eigenvalue weighted by Gasteiger charge is 2.20. The molecule has 0 amide bonds. The van der Waals surface area contributed by atoms with E-state index in [0.717, 1.165) is 0 Å². The smallest absolute Gasteiger partial charge is 0.363 e. The van der Waals surface area contributed by atoms with Gasteiger partial charge in [-0.1, -0.05) is 23.2 Å². The Kier molecular flexibility index (Phi) is 5.62. The third-order valence-electron chi connectivity index (χ3n) is 3.94. The molecule has 0 bridgehead atoms. The summed E-state index contributed by atoms with van der Waals surface area (Å²) in [5.74, 6) is -0.560. The van der Waals surface area contributed by atoms with Crippen LogP contribution in [0.25, 0.3) is 11.1 Å². The van der Waals surface area contributed by atoms with Crippen molar-refractivity contribution in [3.8, 4) is 16.9 Å². The van der Waals surface area contributed by atoms with E-state index in [1.54, 1.807) is 13.0 Å². The second-order valence-electron chi connectivity index (χ2n) is 5.79. The topological polar surface area (TPSA) is 104 Å². The van der Waals surface area contributed by atoms with Crippen molar-refractivity contribution in [2.75, 3.05) is 5.73 Å². The number of benzene rings is 1. The molecule has 0 saturated heterocycles. The molecule has 2 aromatic heterocycles. The summed E-state index contributed by atoms with van der Waals surface area (Å²) in [6.07, 6.45) is 2.11. The van der Waals surface area contributed by atoms with Crippen molar-refractivity contribution in [2.45, 2.75) is 13.0 Å². The maximum atomic E-state index is 13.8. The summed E-state index contributed by atoms with van der Waals surface area (Å²) in [6, 6.07) is 6.97. The summed E-state index contributed by atoms with van der Waals surface area (Å²) in [6.45, 7) is 1.64. The molecule has 0 aliphatic heterocycles. The summed E-state index contributed by atoms with van der Waals surface area (Å²) in [5.41, 5.74) is 7.33. The lowest BCUT2D eigenvalue weighted by atomic mass is 10.1. The molecule has 144 valence electrons. The zero-order valence-electron chi connectivity index (χ0n) is 14.4. The van der Waals surface area contributed by atoms with Crippen LogP contribution in [0.2, 0.25) is 10.0 Å². The molecule has 2 heterocycles. The lowest BCUT2D eigenvalue weighted by molar-refractivity contribution is -0.389. The first-order valence-corrected chi connectivity index (χ1v) is 8.70. The second-order valence-corrected chi connectivity index (χ2v) is 6.57. The van der Waals surface area contributed by atoms with Gasteiger partial charge in [0, 0.05) is 34.0 Å². The van der Waals surface area contributed by atoms with Crippen LogP contribution in [0.4, 0.5) is 16.0 Å². The van der Waals surface area contributed by atoms with Gasteiger partial charge in [-0.3, -0.25) is 0 Å². The van der Waals surface area contributed by atoms with Gasteiger partial charge in [0.25, 0.3) is 0 Å². The number of aromatic nitrogens is 2. The normalized spacial score (nSPS) is 11.9. The molecule has 3 rings (SSSR count). The predicted molar refractivity (Wildman–Crippen MR) is 104 cm³/mol. The van der Waals surface area contributed by atoms with Crippen LogP contribution in [-0.2, 0) is 0 Å². The first-order valence-electron chi connectivity index (χ1n) is 7.94. The number of nitrogen functional groups attached to an aromatic ring is 1. The van der Waals surface area contributed by atoms with E-state index in [9.17, 15) is 14.5 Å². The van der Waals surface area contributed by atoms with Crippen molar-refractivity contribution in [3.05, 3.63) is 74.3 Å². The van der Waals surface area contributed by atoms with Gasteiger partial charge < -0.3 is 20.6 Å². The Morgan fingerprint density at radius 1 is 1.18 bits per heavy atom. The minimum absolute atomic E-state index is 0.106. The molecular weight excluding hydrogens is 410 g/mol. The average molecular weight is 423 g/mol. The molecular formula is C18H13Cl2FN4O3. The van der Waals surface area contributed by atoms with Gasteiger partial charge in [-0.05, 0) is 41.1 Å². The summed E-state index contributed by atoms with van der Waals surface area (Å²) in [7, 11) is 0. The van der Waals surface area contributed by atoms with Crippen LogP contribution in [0.15, 0.2) is 42.7 Å². The van der Waals surface area contributed by atoms with Gasteiger partial charge in [-0.25, -0.2) is 9.37 Å². The van der Waals surface area contributed by atoms with Crippen LogP contribution >= 0.6 is 23.2 Å². The van der Waals surface area contributed by atoms with Crippen molar-refractivity contribution in [3.63, 3.8) is 0 Å². The van der Waals surface area contributed by atoms with Crippen molar-refractivity contribution in [1.29, 1.82) is 0 Å². The molecule has 7 nitrogen and oxygen atoms in total. The van der Waals surface area contributed by atoms with Crippen LogP contribution in [0.3, 0.4) is 0 Å². The molecule has 28 heavy (non-hydrogen) atoms. The standard InChI is InChI=1S/C18H13Cl2FN4O3/c1-9(16-12(19)3-4-13(21)17(16)20)28-14-6-11(8-24-18(14)22)10-2-5-15(23-7-10)25(26)27/h2-9H,1H3,(H2,22,24)/t9-/m1/s1. The van der Waals surface area contributed by atoms with E-state index in [1.165, 1.54) is 36.7 Å². The number of rotatable bonds is 5. The molecule has 1 aromatic carbocycles. The van der Waals surface area contributed by atoms with Crippen LogP contribution in [-0.4, -0.2) is 14.9 Å². The van der Waals surface area contributed by atoms with Crippen LogP contribution in [0.5, 0.6) is 5.75 Å². The molecule has 0 aliphatic carbocycles. The van der Waals surface area contributed by atoms with Gasteiger partial charge in [0.1, 0.15) is 18.1 Å². The maximum absolute atomic E-state index is 13.8. The third-order valence-corrected chi connectivity index (χ3v) is 4.65. The monoisotopic (exact) mass is 422 g/mol. The third kappa shape index (κ3) is 3.97. The second kappa shape index (κ2) is 7.95. The predicted octanol–water partition coefficient (Wildman–Crippen LogP) is 5.22. The Morgan fingerprint density at radius 2 is 1.89 bits per heavy atom. The molecule has 3 aromatic rings. The van der Waals surface area contributed by atoms with Gasteiger partial charge in [0.2, 0.25) is 0 Å². The van der Waals surface area contributed by atoms with Crippen molar-refractivity contribution >= 4 is 34.8 Å². The number of pyridine rings is 2. The summed E-state index contributed by atoms with van der Waals surface area (Å²) in [5, 5.41) is 10.8. The summed E-state index contributed by atoms with van der Waals surface area (Å²) in [4.78, 5) is 18.0. The Labute approximate surface area is 169 Å². The van der Waals surface area contributed by atoms with Gasteiger partial charge in [0.15, 0.2) is 11.6 Å². The van der Waals surface area contributed by atoms with E-state index in [4.69, 9.17) is 33.7 Å². The lowest BCUT2D eigenvalue weighted by Crippen LogP contribution is -2.08. The van der Waals surface area contributed by atoms with E-state index in [0.29, 0.717) is 11.1 Å². The van der Waals surface area contributed by atoms with E-state index < -0.39 is 16.8 Å². The van der Waals surface area contributed by atoms with Crippen molar-refractivity contribution < 1.29 is 14.1 Å². The molecule has 0 radical (unpaired) electrons. The Balaban J connectivity index is 1.92. The minimum Gasteiger partial charge on any atom is -0.482 e. The molecule has 0 unspecified atom stereocenters. The van der Waals surface area contributed by atoms with Gasteiger partial charge in [-0.2, -0.15) is 0 Å². The first-order chi connectivity index (χ1) is 13.3. The largest absolute Gasteiger partial charge is 0.482 e. The quantitative estimate of drug-likeness (QED) is 0.343. The number of anilines is 1. The number of hydrogen-bond acceptors (Lipinski definition) is 6. The maximum Gasteiger partial charge on any atom is 0.363 e. The zero-order valence-corrected chi connectivity index (χ0v) is 15.9.